The molecule has 0 radical (unpaired) electrons. The van der Waals surface area contributed by atoms with Crippen LogP contribution in [0.1, 0.15) is 30.9 Å². The molecule has 0 spiro atoms. The number of likely N-dealkylation sites (tertiary alicyclic amines) is 1. The number of piperidine rings is 1. The Balaban J connectivity index is 1.72. The number of amides is 1. The highest BCUT2D eigenvalue weighted by Crippen LogP contribution is 2.33. The van der Waals surface area contributed by atoms with Crippen molar-refractivity contribution >= 4 is 11.9 Å². The van der Waals surface area contributed by atoms with Gasteiger partial charge in [0.15, 0.2) is 6.79 Å². The molecule has 1 amide bonds. The predicted octanol–water partition coefficient (Wildman–Crippen LogP) is 1.89. The van der Waals surface area contributed by atoms with Crippen LogP contribution in [0.3, 0.4) is 0 Å². The lowest BCUT2D eigenvalue weighted by atomic mass is 10.0. The van der Waals surface area contributed by atoms with Crippen LogP contribution in [-0.4, -0.2) is 65.1 Å². The molecule has 1 aliphatic rings. The monoisotopic (exact) mass is 414 g/mol. The van der Waals surface area contributed by atoms with Crippen LogP contribution in [0.2, 0.25) is 0 Å². The highest BCUT2D eigenvalue weighted by molar-refractivity contribution is 5.76. The van der Waals surface area contributed by atoms with E-state index < -0.39 is 0 Å². The molecule has 1 aromatic carbocycles. The van der Waals surface area contributed by atoms with Gasteiger partial charge in [-0.3, -0.25) is 9.69 Å². The molecule has 0 aliphatic carbocycles. The molecule has 1 saturated heterocycles. The Labute approximate surface area is 177 Å². The van der Waals surface area contributed by atoms with E-state index >= 15 is 0 Å². The van der Waals surface area contributed by atoms with Gasteiger partial charge < -0.3 is 20.5 Å². The van der Waals surface area contributed by atoms with Crippen molar-refractivity contribution in [1.82, 2.24) is 20.1 Å². The Morgan fingerprint density at radius 2 is 2.17 bits per heavy atom. The number of nitrogens with two attached hydrogens (primary N) is 1. The summed E-state index contributed by atoms with van der Waals surface area (Å²) in [5, 5.41) is 12.0. The number of carbonyl (C=O) groups excluding carboxylic acids is 1. The Hall–Kier alpha value is -2.78. The Bertz CT molecular complexity index is 859. The van der Waals surface area contributed by atoms with Crippen molar-refractivity contribution in [3.05, 3.63) is 29.5 Å². The maximum absolute atomic E-state index is 11.2. The molecule has 162 valence electrons. The fourth-order valence-corrected chi connectivity index (χ4v) is 3.73. The molecular formula is C21H30N6O3. The second-order valence-electron chi connectivity index (χ2n) is 7.56. The Morgan fingerprint density at radius 3 is 2.87 bits per heavy atom. The third kappa shape index (κ3) is 5.87. The molecule has 1 aliphatic heterocycles. The van der Waals surface area contributed by atoms with E-state index in [0.29, 0.717) is 24.0 Å². The molecule has 1 fully saturated rings. The summed E-state index contributed by atoms with van der Waals surface area (Å²) in [6.45, 7) is 8.58. The van der Waals surface area contributed by atoms with Gasteiger partial charge in [-0.2, -0.15) is 0 Å². The molecule has 1 unspecified atom stereocenters. The van der Waals surface area contributed by atoms with Crippen LogP contribution in [0.15, 0.2) is 18.3 Å². The number of nitrogens with one attached hydrogen (secondary N) is 1. The summed E-state index contributed by atoms with van der Waals surface area (Å²) in [4.78, 5) is 17.7. The summed E-state index contributed by atoms with van der Waals surface area (Å²) in [5.74, 6) is 0.854. The fraction of sp³-hybridized carbons (Fsp3) is 0.524. The third-order valence-corrected chi connectivity index (χ3v) is 4.98. The minimum absolute atomic E-state index is 0.150. The molecule has 0 bridgehead atoms. The lowest BCUT2D eigenvalue weighted by Crippen LogP contribution is -2.45. The largest absolute Gasteiger partial charge is 0.467 e. The standard InChI is InChI=1S/C21H30N6O3/c1-4-29-13-30-18-9-14(2)8-15(3)20(18)17-10-23-21(26-25-17)24-16-6-5-7-27(11-16)12-19(22)28/h8-10,16H,4-7,11-13H2,1-3H3,(H2,22,28)(H,23,24,26). The summed E-state index contributed by atoms with van der Waals surface area (Å²) in [6.07, 6.45) is 3.66. The van der Waals surface area contributed by atoms with Gasteiger partial charge in [-0.15, -0.1) is 10.2 Å². The average molecular weight is 415 g/mol. The normalized spacial score (nSPS) is 17.0. The molecule has 2 heterocycles. The fourth-order valence-electron chi connectivity index (χ4n) is 3.73. The molecule has 3 rings (SSSR count). The van der Waals surface area contributed by atoms with Crippen molar-refractivity contribution in [1.29, 1.82) is 0 Å². The molecule has 3 N–H and O–H groups in total. The first-order chi connectivity index (χ1) is 14.5. The van der Waals surface area contributed by atoms with Crippen molar-refractivity contribution in [3.8, 4) is 17.0 Å². The number of ether oxygens (including phenoxy) is 2. The minimum atomic E-state index is -0.311. The van der Waals surface area contributed by atoms with E-state index in [1.165, 1.54) is 0 Å². The van der Waals surface area contributed by atoms with Gasteiger partial charge in [0.2, 0.25) is 11.9 Å². The quantitative estimate of drug-likeness (QED) is 0.472. The van der Waals surface area contributed by atoms with Gasteiger partial charge in [0.25, 0.3) is 0 Å². The molecule has 0 saturated carbocycles. The van der Waals surface area contributed by atoms with E-state index in [1.54, 1.807) is 6.20 Å². The van der Waals surface area contributed by atoms with Crippen LogP contribution in [-0.2, 0) is 9.53 Å². The second-order valence-corrected chi connectivity index (χ2v) is 7.56. The van der Waals surface area contributed by atoms with Crippen molar-refractivity contribution in [2.75, 3.05) is 38.4 Å². The topological polar surface area (TPSA) is 115 Å². The number of primary amides is 1. The van der Waals surface area contributed by atoms with Gasteiger partial charge in [-0.1, -0.05) is 6.07 Å². The SMILES string of the molecule is CCOCOc1cc(C)cc(C)c1-c1cnc(NC2CCCN(CC(N)=O)C2)nn1. The molecule has 9 nitrogen and oxygen atoms in total. The van der Waals surface area contributed by atoms with Crippen LogP contribution in [0, 0.1) is 13.8 Å². The summed E-state index contributed by atoms with van der Waals surface area (Å²) >= 11 is 0. The van der Waals surface area contributed by atoms with Gasteiger partial charge in [-0.05, 0) is 57.4 Å². The molecule has 9 heteroatoms. The van der Waals surface area contributed by atoms with Gasteiger partial charge in [-0.25, -0.2) is 4.98 Å². The van der Waals surface area contributed by atoms with E-state index in [0.717, 1.165) is 42.6 Å². The number of aromatic nitrogens is 3. The first kappa shape index (κ1) is 21.9. The number of benzene rings is 1. The maximum Gasteiger partial charge on any atom is 0.242 e. The Kier molecular flexibility index (Phi) is 7.53. The van der Waals surface area contributed by atoms with E-state index in [-0.39, 0.29) is 25.3 Å². The van der Waals surface area contributed by atoms with Crippen molar-refractivity contribution in [2.24, 2.45) is 5.73 Å². The number of rotatable bonds is 9. The zero-order chi connectivity index (χ0) is 21.5. The second kappa shape index (κ2) is 10.3. The minimum Gasteiger partial charge on any atom is -0.467 e. The highest BCUT2D eigenvalue weighted by atomic mass is 16.7. The lowest BCUT2D eigenvalue weighted by molar-refractivity contribution is -0.119. The summed E-state index contributed by atoms with van der Waals surface area (Å²) < 4.78 is 11.1. The predicted molar refractivity (Wildman–Crippen MR) is 114 cm³/mol. The lowest BCUT2D eigenvalue weighted by Gasteiger charge is -2.32. The molecule has 30 heavy (non-hydrogen) atoms. The van der Waals surface area contributed by atoms with Crippen LogP contribution in [0.5, 0.6) is 5.75 Å². The van der Waals surface area contributed by atoms with Crippen LogP contribution in [0.4, 0.5) is 5.95 Å². The number of aryl methyl sites for hydroxylation is 2. The zero-order valence-corrected chi connectivity index (χ0v) is 17.9. The number of hydrogen-bond acceptors (Lipinski definition) is 8. The summed E-state index contributed by atoms with van der Waals surface area (Å²) in [5.41, 5.74) is 8.94. The molecule has 2 aromatic rings. The Morgan fingerprint density at radius 1 is 1.33 bits per heavy atom. The van der Waals surface area contributed by atoms with Gasteiger partial charge >= 0.3 is 0 Å². The number of carbonyl (C=O) groups is 1. The van der Waals surface area contributed by atoms with E-state index in [1.807, 2.05) is 31.7 Å². The van der Waals surface area contributed by atoms with Gasteiger partial charge in [0.1, 0.15) is 11.4 Å². The van der Waals surface area contributed by atoms with Crippen LogP contribution >= 0.6 is 0 Å². The average Bonchev–Trinajstić information content (AvgIpc) is 2.69. The molecule has 1 atom stereocenters. The van der Waals surface area contributed by atoms with Crippen LogP contribution < -0.4 is 15.8 Å². The number of anilines is 1. The zero-order valence-electron chi connectivity index (χ0n) is 17.9. The van der Waals surface area contributed by atoms with Gasteiger partial charge in [0, 0.05) is 24.8 Å². The van der Waals surface area contributed by atoms with E-state index in [4.69, 9.17) is 15.2 Å². The number of hydrogen-bond donors (Lipinski definition) is 2. The molecular weight excluding hydrogens is 384 g/mol. The van der Waals surface area contributed by atoms with Gasteiger partial charge in [0.05, 0.1) is 12.7 Å². The van der Waals surface area contributed by atoms with Crippen molar-refractivity contribution in [2.45, 2.75) is 39.7 Å². The van der Waals surface area contributed by atoms with E-state index in [9.17, 15) is 4.79 Å². The van der Waals surface area contributed by atoms with E-state index in [2.05, 4.69) is 26.6 Å². The third-order valence-electron chi connectivity index (χ3n) is 4.98. The first-order valence-corrected chi connectivity index (χ1v) is 10.2. The highest BCUT2D eigenvalue weighted by Gasteiger charge is 2.22. The van der Waals surface area contributed by atoms with Crippen molar-refractivity contribution in [3.63, 3.8) is 0 Å². The smallest absolute Gasteiger partial charge is 0.242 e. The molecule has 1 aromatic heterocycles. The first-order valence-electron chi connectivity index (χ1n) is 10.2. The summed E-state index contributed by atoms with van der Waals surface area (Å²) in [7, 11) is 0. The maximum atomic E-state index is 11.2. The van der Waals surface area contributed by atoms with Crippen LogP contribution in [0.25, 0.3) is 11.3 Å². The summed E-state index contributed by atoms with van der Waals surface area (Å²) in [6, 6.07) is 4.19. The van der Waals surface area contributed by atoms with Crippen molar-refractivity contribution < 1.29 is 14.3 Å². The number of nitrogens with zero attached hydrogens (tertiary/aromatic N) is 4.